The van der Waals surface area contributed by atoms with E-state index in [2.05, 4.69) is 15.4 Å². The Labute approximate surface area is 103 Å². The van der Waals surface area contributed by atoms with Crippen LogP contribution in [0.2, 0.25) is 0 Å². The van der Waals surface area contributed by atoms with Crippen molar-refractivity contribution < 1.29 is 14.3 Å². The van der Waals surface area contributed by atoms with Crippen molar-refractivity contribution in [3.05, 3.63) is 11.6 Å². The molecule has 0 spiro atoms. The fourth-order valence-electron chi connectivity index (χ4n) is 1.13. The largest absolute Gasteiger partial charge is 0.466 e. The van der Waals surface area contributed by atoms with E-state index < -0.39 is 0 Å². The second-order valence-electron chi connectivity index (χ2n) is 3.80. The highest BCUT2D eigenvalue weighted by atomic mass is 16.5. The number of hydrogen-bond donors (Lipinski definition) is 2. The van der Waals surface area contributed by atoms with Crippen LogP contribution in [0, 0.1) is 0 Å². The van der Waals surface area contributed by atoms with Gasteiger partial charge in [-0.25, -0.2) is 4.79 Å². The van der Waals surface area contributed by atoms with Crippen LogP contribution in [0.4, 0.5) is 0 Å². The molecule has 0 aliphatic rings. The molecule has 0 aliphatic heterocycles. The van der Waals surface area contributed by atoms with Gasteiger partial charge in [-0.1, -0.05) is 13.0 Å². The van der Waals surface area contributed by atoms with Gasteiger partial charge in [0.25, 0.3) is 0 Å². The third-order valence-corrected chi connectivity index (χ3v) is 2.28. The fourth-order valence-corrected chi connectivity index (χ4v) is 1.13. The van der Waals surface area contributed by atoms with Gasteiger partial charge >= 0.3 is 5.97 Å². The topological polar surface area (TPSA) is 67.4 Å². The molecule has 0 rings (SSSR count). The molecular weight excluding hydrogens is 220 g/mol. The summed E-state index contributed by atoms with van der Waals surface area (Å²) >= 11 is 0. The van der Waals surface area contributed by atoms with Crippen LogP contribution in [0.15, 0.2) is 11.6 Å². The predicted octanol–water partition coefficient (Wildman–Crippen LogP) is 0.610. The SMILES string of the molecule is CCCNC(=O)C(C)NC/C=C(/C)C(=O)OC. The van der Waals surface area contributed by atoms with Gasteiger partial charge in [-0.2, -0.15) is 0 Å². The summed E-state index contributed by atoms with van der Waals surface area (Å²) in [5.41, 5.74) is 0.529. The molecule has 1 atom stereocenters. The molecule has 0 fully saturated rings. The van der Waals surface area contributed by atoms with Gasteiger partial charge < -0.3 is 15.4 Å². The number of ether oxygens (including phenoxy) is 1. The molecule has 5 heteroatoms. The van der Waals surface area contributed by atoms with Crippen molar-refractivity contribution in [3.63, 3.8) is 0 Å². The first kappa shape index (κ1) is 15.6. The zero-order valence-corrected chi connectivity index (χ0v) is 11.0. The number of rotatable bonds is 7. The first-order valence-corrected chi connectivity index (χ1v) is 5.79. The summed E-state index contributed by atoms with van der Waals surface area (Å²) in [5.74, 6) is -0.383. The second kappa shape index (κ2) is 8.75. The van der Waals surface area contributed by atoms with E-state index in [1.165, 1.54) is 7.11 Å². The van der Waals surface area contributed by atoms with Crippen LogP contribution in [-0.4, -0.2) is 38.1 Å². The Balaban J connectivity index is 3.95. The van der Waals surface area contributed by atoms with Gasteiger partial charge in [0.15, 0.2) is 0 Å². The summed E-state index contributed by atoms with van der Waals surface area (Å²) in [4.78, 5) is 22.5. The monoisotopic (exact) mass is 242 g/mol. The quantitative estimate of drug-likeness (QED) is 0.507. The molecular formula is C12H22N2O3. The van der Waals surface area contributed by atoms with E-state index in [-0.39, 0.29) is 17.9 Å². The molecule has 0 heterocycles. The number of carbonyl (C=O) groups excluding carboxylic acids is 2. The molecule has 1 unspecified atom stereocenters. The van der Waals surface area contributed by atoms with Crippen LogP contribution in [0.5, 0.6) is 0 Å². The molecule has 0 radical (unpaired) electrons. The average Bonchev–Trinajstić information content (AvgIpc) is 2.34. The molecule has 0 aromatic carbocycles. The average molecular weight is 242 g/mol. The van der Waals surface area contributed by atoms with Crippen molar-refractivity contribution in [2.24, 2.45) is 0 Å². The number of esters is 1. The lowest BCUT2D eigenvalue weighted by molar-refractivity contribution is -0.136. The Morgan fingerprint density at radius 3 is 2.59 bits per heavy atom. The Hall–Kier alpha value is -1.36. The molecule has 0 bridgehead atoms. The fraction of sp³-hybridized carbons (Fsp3) is 0.667. The third kappa shape index (κ3) is 6.73. The third-order valence-electron chi connectivity index (χ3n) is 2.28. The lowest BCUT2D eigenvalue weighted by Gasteiger charge is -2.12. The van der Waals surface area contributed by atoms with Crippen LogP contribution >= 0.6 is 0 Å². The minimum Gasteiger partial charge on any atom is -0.466 e. The highest BCUT2D eigenvalue weighted by Gasteiger charge is 2.10. The number of amides is 1. The minimum atomic E-state index is -0.352. The maximum atomic E-state index is 11.5. The first-order valence-electron chi connectivity index (χ1n) is 5.79. The standard InChI is InChI=1S/C12H22N2O3/c1-5-7-14-11(15)10(3)13-8-6-9(2)12(16)17-4/h6,10,13H,5,7-8H2,1-4H3,(H,14,15)/b9-6-. The minimum absolute atomic E-state index is 0.0315. The Kier molecular flexibility index (Phi) is 8.05. The van der Waals surface area contributed by atoms with E-state index in [9.17, 15) is 9.59 Å². The summed E-state index contributed by atoms with van der Waals surface area (Å²) in [5, 5.41) is 5.80. The van der Waals surface area contributed by atoms with Gasteiger partial charge in [0.2, 0.25) is 5.91 Å². The Morgan fingerprint density at radius 1 is 1.41 bits per heavy atom. The van der Waals surface area contributed by atoms with Crippen LogP contribution in [0.25, 0.3) is 0 Å². The number of hydrogen-bond acceptors (Lipinski definition) is 4. The molecule has 98 valence electrons. The maximum Gasteiger partial charge on any atom is 0.333 e. The molecule has 17 heavy (non-hydrogen) atoms. The highest BCUT2D eigenvalue weighted by molar-refractivity contribution is 5.87. The van der Waals surface area contributed by atoms with Gasteiger partial charge in [0, 0.05) is 18.7 Å². The molecule has 0 aliphatic carbocycles. The van der Waals surface area contributed by atoms with E-state index in [0.29, 0.717) is 18.7 Å². The van der Waals surface area contributed by atoms with Gasteiger partial charge in [0.1, 0.15) is 0 Å². The number of nitrogens with one attached hydrogen (secondary N) is 2. The van der Waals surface area contributed by atoms with Gasteiger partial charge in [-0.3, -0.25) is 4.79 Å². The predicted molar refractivity (Wildman–Crippen MR) is 66.5 cm³/mol. The first-order chi connectivity index (χ1) is 8.02. The van der Waals surface area contributed by atoms with Gasteiger partial charge in [-0.15, -0.1) is 0 Å². The molecule has 0 aromatic rings. The van der Waals surface area contributed by atoms with Crippen molar-refractivity contribution in [2.75, 3.05) is 20.2 Å². The van der Waals surface area contributed by atoms with E-state index in [1.54, 1.807) is 19.9 Å². The molecule has 0 saturated carbocycles. The smallest absolute Gasteiger partial charge is 0.333 e. The van der Waals surface area contributed by atoms with Crippen molar-refractivity contribution in [2.45, 2.75) is 33.2 Å². The maximum absolute atomic E-state index is 11.5. The lowest BCUT2D eigenvalue weighted by atomic mass is 10.2. The van der Waals surface area contributed by atoms with Crippen molar-refractivity contribution >= 4 is 11.9 Å². The normalized spacial score (nSPS) is 13.1. The second-order valence-corrected chi connectivity index (χ2v) is 3.80. The molecule has 1 amide bonds. The molecule has 2 N–H and O–H groups in total. The lowest BCUT2D eigenvalue weighted by Crippen LogP contribution is -2.42. The van der Waals surface area contributed by atoms with E-state index >= 15 is 0 Å². The summed E-state index contributed by atoms with van der Waals surface area (Å²) in [6.07, 6.45) is 2.62. The van der Waals surface area contributed by atoms with Crippen LogP contribution in [0.1, 0.15) is 27.2 Å². The molecule has 0 saturated heterocycles. The Morgan fingerprint density at radius 2 is 2.06 bits per heavy atom. The van der Waals surface area contributed by atoms with Gasteiger partial charge in [-0.05, 0) is 20.3 Å². The van der Waals surface area contributed by atoms with Crippen molar-refractivity contribution in [3.8, 4) is 0 Å². The van der Waals surface area contributed by atoms with Gasteiger partial charge in [0.05, 0.1) is 13.2 Å². The summed E-state index contributed by atoms with van der Waals surface area (Å²) in [6.45, 7) is 6.60. The summed E-state index contributed by atoms with van der Waals surface area (Å²) in [6, 6.07) is -0.275. The molecule has 5 nitrogen and oxygen atoms in total. The van der Waals surface area contributed by atoms with Crippen molar-refractivity contribution in [1.29, 1.82) is 0 Å². The van der Waals surface area contributed by atoms with Crippen LogP contribution in [-0.2, 0) is 14.3 Å². The zero-order chi connectivity index (χ0) is 13.3. The van der Waals surface area contributed by atoms with E-state index in [0.717, 1.165) is 6.42 Å². The van der Waals surface area contributed by atoms with Crippen LogP contribution in [0.3, 0.4) is 0 Å². The highest BCUT2D eigenvalue weighted by Crippen LogP contribution is 1.94. The summed E-state index contributed by atoms with van der Waals surface area (Å²) < 4.78 is 4.56. The van der Waals surface area contributed by atoms with Crippen molar-refractivity contribution in [1.82, 2.24) is 10.6 Å². The van der Waals surface area contributed by atoms with E-state index in [4.69, 9.17) is 0 Å². The number of carbonyl (C=O) groups is 2. The number of methoxy groups -OCH3 is 1. The summed E-state index contributed by atoms with van der Waals surface area (Å²) in [7, 11) is 1.34. The van der Waals surface area contributed by atoms with Crippen LogP contribution < -0.4 is 10.6 Å². The Bertz CT molecular complexity index is 287. The zero-order valence-electron chi connectivity index (χ0n) is 11.0. The molecule has 0 aromatic heterocycles. The van der Waals surface area contributed by atoms with E-state index in [1.807, 2.05) is 6.92 Å².